The van der Waals surface area contributed by atoms with Crippen LogP contribution >= 0.6 is 0 Å². The van der Waals surface area contributed by atoms with E-state index < -0.39 is 0 Å². The third-order valence-corrected chi connectivity index (χ3v) is 1.77. The summed E-state index contributed by atoms with van der Waals surface area (Å²) in [5.41, 5.74) is 8.86. The summed E-state index contributed by atoms with van der Waals surface area (Å²) >= 11 is 0. The predicted octanol–water partition coefficient (Wildman–Crippen LogP) is 3.50. The van der Waals surface area contributed by atoms with Crippen LogP contribution in [0.4, 0.5) is 5.69 Å². The molecule has 1 aromatic carbocycles. The van der Waals surface area contributed by atoms with Crippen LogP contribution in [0.5, 0.6) is 0 Å². The van der Waals surface area contributed by atoms with Gasteiger partial charge < -0.3 is 5.73 Å². The standard InChI is InChI=1S/C10H13N.C2H6/c1-3-8-5-6-10(11)7-9(8)4-2;1-2/h4-7H,2-3,11H2,1H3;1-2H3. The first-order valence-corrected chi connectivity index (χ1v) is 4.78. The Kier molecular flexibility index (Phi) is 5.69. The SMILES string of the molecule is C=Cc1cc(N)ccc1CC.CC. The highest BCUT2D eigenvalue weighted by molar-refractivity contribution is 5.58. The van der Waals surface area contributed by atoms with Gasteiger partial charge in [-0.3, -0.25) is 0 Å². The van der Waals surface area contributed by atoms with Crippen molar-refractivity contribution in [2.75, 3.05) is 5.73 Å². The molecule has 0 aliphatic heterocycles. The molecule has 1 nitrogen and oxygen atoms in total. The van der Waals surface area contributed by atoms with Crippen LogP contribution < -0.4 is 5.73 Å². The highest BCUT2D eigenvalue weighted by Crippen LogP contribution is 2.14. The summed E-state index contributed by atoms with van der Waals surface area (Å²) in [5, 5.41) is 0. The first-order chi connectivity index (χ1) is 6.27. The summed E-state index contributed by atoms with van der Waals surface area (Å²) in [6.45, 7) is 9.85. The van der Waals surface area contributed by atoms with E-state index in [2.05, 4.69) is 13.5 Å². The maximum atomic E-state index is 5.61. The lowest BCUT2D eigenvalue weighted by Crippen LogP contribution is -1.90. The number of nitrogens with two attached hydrogens (primary N) is 1. The van der Waals surface area contributed by atoms with Gasteiger partial charge in [0.1, 0.15) is 0 Å². The summed E-state index contributed by atoms with van der Waals surface area (Å²) in [5.74, 6) is 0. The lowest BCUT2D eigenvalue weighted by molar-refractivity contribution is 1.13. The summed E-state index contributed by atoms with van der Waals surface area (Å²) in [4.78, 5) is 0. The van der Waals surface area contributed by atoms with Gasteiger partial charge in [0.25, 0.3) is 0 Å². The average molecular weight is 177 g/mol. The Morgan fingerprint density at radius 2 is 2.00 bits per heavy atom. The average Bonchev–Trinajstić information content (AvgIpc) is 2.20. The highest BCUT2D eigenvalue weighted by atomic mass is 14.5. The van der Waals surface area contributed by atoms with E-state index in [1.165, 1.54) is 5.56 Å². The smallest absolute Gasteiger partial charge is 0.0320 e. The molecule has 13 heavy (non-hydrogen) atoms. The van der Waals surface area contributed by atoms with Crippen molar-refractivity contribution in [2.45, 2.75) is 27.2 Å². The fourth-order valence-corrected chi connectivity index (χ4v) is 1.13. The summed E-state index contributed by atoms with van der Waals surface area (Å²) in [6, 6.07) is 5.92. The third-order valence-electron chi connectivity index (χ3n) is 1.77. The molecule has 1 heteroatoms. The molecule has 0 heterocycles. The van der Waals surface area contributed by atoms with Gasteiger partial charge in [0.2, 0.25) is 0 Å². The van der Waals surface area contributed by atoms with E-state index >= 15 is 0 Å². The molecule has 0 bridgehead atoms. The van der Waals surface area contributed by atoms with Crippen LogP contribution in [0.15, 0.2) is 24.8 Å². The second kappa shape index (κ2) is 6.30. The fraction of sp³-hybridized carbons (Fsp3) is 0.333. The Hall–Kier alpha value is -1.24. The number of aryl methyl sites for hydroxylation is 1. The van der Waals surface area contributed by atoms with E-state index in [1.807, 2.05) is 38.1 Å². The van der Waals surface area contributed by atoms with Crippen molar-refractivity contribution in [3.8, 4) is 0 Å². The Balaban J connectivity index is 0.000000671. The normalized spacial score (nSPS) is 8.54. The molecule has 0 aliphatic carbocycles. The number of hydrogen-bond donors (Lipinski definition) is 1. The van der Waals surface area contributed by atoms with Crippen LogP contribution in [0.25, 0.3) is 6.08 Å². The highest BCUT2D eigenvalue weighted by Gasteiger charge is 1.95. The van der Waals surface area contributed by atoms with Crippen LogP contribution in [0, 0.1) is 0 Å². The van der Waals surface area contributed by atoms with Crippen molar-refractivity contribution in [2.24, 2.45) is 0 Å². The molecule has 0 amide bonds. The summed E-state index contributed by atoms with van der Waals surface area (Å²) < 4.78 is 0. The minimum absolute atomic E-state index is 0.803. The monoisotopic (exact) mass is 177 g/mol. The van der Waals surface area contributed by atoms with Gasteiger partial charge in [-0.1, -0.05) is 39.5 Å². The van der Waals surface area contributed by atoms with E-state index in [9.17, 15) is 0 Å². The lowest BCUT2D eigenvalue weighted by atomic mass is 10.0. The molecule has 0 radical (unpaired) electrons. The number of nitrogen functional groups attached to an aromatic ring is 1. The van der Waals surface area contributed by atoms with Crippen molar-refractivity contribution in [1.29, 1.82) is 0 Å². The topological polar surface area (TPSA) is 26.0 Å². The van der Waals surface area contributed by atoms with Gasteiger partial charge in [-0.05, 0) is 29.7 Å². The van der Waals surface area contributed by atoms with Gasteiger partial charge in [0, 0.05) is 5.69 Å². The Bertz CT molecular complexity index is 264. The number of benzene rings is 1. The number of anilines is 1. The van der Waals surface area contributed by atoms with Crippen molar-refractivity contribution in [3.05, 3.63) is 35.9 Å². The molecule has 2 N–H and O–H groups in total. The molecule has 0 fully saturated rings. The van der Waals surface area contributed by atoms with E-state index in [0.717, 1.165) is 17.7 Å². The molecule has 0 spiro atoms. The second-order valence-electron chi connectivity index (χ2n) is 2.52. The molecule has 0 saturated carbocycles. The number of rotatable bonds is 2. The molecule has 0 unspecified atom stereocenters. The second-order valence-corrected chi connectivity index (χ2v) is 2.52. The molecule has 1 aromatic rings. The van der Waals surface area contributed by atoms with Gasteiger partial charge >= 0.3 is 0 Å². The van der Waals surface area contributed by atoms with Gasteiger partial charge in [-0.2, -0.15) is 0 Å². The van der Waals surface area contributed by atoms with E-state index in [-0.39, 0.29) is 0 Å². The number of hydrogen-bond acceptors (Lipinski definition) is 1. The van der Waals surface area contributed by atoms with Crippen LogP contribution in [0.2, 0.25) is 0 Å². The molecule has 0 aromatic heterocycles. The van der Waals surface area contributed by atoms with Crippen LogP contribution in [-0.2, 0) is 6.42 Å². The summed E-state index contributed by atoms with van der Waals surface area (Å²) in [6.07, 6.45) is 2.87. The predicted molar refractivity (Wildman–Crippen MR) is 61.7 cm³/mol. The van der Waals surface area contributed by atoms with Crippen molar-refractivity contribution >= 4 is 11.8 Å². The first kappa shape index (κ1) is 11.8. The van der Waals surface area contributed by atoms with E-state index in [4.69, 9.17) is 5.73 Å². The molecular formula is C12H19N. The zero-order valence-corrected chi connectivity index (χ0v) is 8.80. The van der Waals surface area contributed by atoms with Gasteiger partial charge in [-0.15, -0.1) is 0 Å². The Labute approximate surface area is 81.3 Å². The summed E-state index contributed by atoms with van der Waals surface area (Å²) in [7, 11) is 0. The van der Waals surface area contributed by atoms with Gasteiger partial charge in [0.15, 0.2) is 0 Å². The maximum Gasteiger partial charge on any atom is 0.0320 e. The molecule has 1 rings (SSSR count). The van der Waals surface area contributed by atoms with Crippen molar-refractivity contribution in [3.63, 3.8) is 0 Å². The van der Waals surface area contributed by atoms with Gasteiger partial charge in [0.05, 0.1) is 0 Å². The largest absolute Gasteiger partial charge is 0.399 e. The van der Waals surface area contributed by atoms with Crippen LogP contribution in [0.3, 0.4) is 0 Å². The third kappa shape index (κ3) is 3.32. The quantitative estimate of drug-likeness (QED) is 0.687. The molecule has 0 saturated heterocycles. The van der Waals surface area contributed by atoms with Crippen LogP contribution in [0.1, 0.15) is 31.9 Å². The van der Waals surface area contributed by atoms with Crippen molar-refractivity contribution < 1.29 is 0 Å². The van der Waals surface area contributed by atoms with Gasteiger partial charge in [-0.25, -0.2) is 0 Å². The molecule has 72 valence electrons. The Morgan fingerprint density at radius 3 is 2.46 bits per heavy atom. The molecule has 0 atom stereocenters. The molecular weight excluding hydrogens is 158 g/mol. The maximum absolute atomic E-state index is 5.61. The minimum atomic E-state index is 0.803. The van der Waals surface area contributed by atoms with E-state index in [1.54, 1.807) is 0 Å². The van der Waals surface area contributed by atoms with E-state index in [0.29, 0.717) is 0 Å². The van der Waals surface area contributed by atoms with Crippen molar-refractivity contribution in [1.82, 2.24) is 0 Å². The lowest BCUT2D eigenvalue weighted by Gasteiger charge is -2.03. The fourth-order valence-electron chi connectivity index (χ4n) is 1.13. The zero-order chi connectivity index (χ0) is 10.3. The minimum Gasteiger partial charge on any atom is -0.399 e. The first-order valence-electron chi connectivity index (χ1n) is 4.78. The molecule has 0 aliphatic rings. The Morgan fingerprint density at radius 1 is 1.38 bits per heavy atom. The van der Waals surface area contributed by atoms with Crippen LogP contribution in [-0.4, -0.2) is 0 Å². The zero-order valence-electron chi connectivity index (χ0n) is 8.80.